The Morgan fingerprint density at radius 1 is 1.09 bits per heavy atom. The third-order valence-corrected chi connectivity index (χ3v) is 5.66. The van der Waals surface area contributed by atoms with Crippen LogP contribution in [0.5, 0.6) is 5.75 Å². The fraction of sp³-hybridized carbons (Fsp3) is 0.160. The van der Waals surface area contributed by atoms with Crippen molar-refractivity contribution in [3.8, 4) is 5.75 Å². The lowest BCUT2D eigenvalue weighted by atomic mass is 10.0. The number of rotatable bonds is 7. The van der Waals surface area contributed by atoms with Crippen molar-refractivity contribution in [3.05, 3.63) is 99.0 Å². The molecular formula is C25H22BrN3O3. The van der Waals surface area contributed by atoms with Gasteiger partial charge in [0, 0.05) is 35.1 Å². The topological polar surface area (TPSA) is 73.2 Å². The summed E-state index contributed by atoms with van der Waals surface area (Å²) >= 11 is 3.38. The number of carbonyl (C=O) groups is 1. The van der Waals surface area contributed by atoms with Crippen molar-refractivity contribution in [3.63, 3.8) is 0 Å². The molecule has 0 aliphatic rings. The first-order valence-corrected chi connectivity index (χ1v) is 11.0. The van der Waals surface area contributed by atoms with Gasteiger partial charge < -0.3 is 10.1 Å². The van der Waals surface area contributed by atoms with Gasteiger partial charge in [-0.05, 0) is 42.0 Å². The minimum Gasteiger partial charge on any atom is -0.496 e. The summed E-state index contributed by atoms with van der Waals surface area (Å²) in [5, 5.41) is 3.43. The van der Waals surface area contributed by atoms with Gasteiger partial charge in [-0.1, -0.05) is 46.3 Å². The fourth-order valence-corrected chi connectivity index (χ4v) is 3.91. The summed E-state index contributed by atoms with van der Waals surface area (Å²) < 4.78 is 7.75. The molecule has 0 unspecified atom stereocenters. The largest absolute Gasteiger partial charge is 0.496 e. The van der Waals surface area contributed by atoms with Gasteiger partial charge in [-0.15, -0.1) is 0 Å². The zero-order valence-electron chi connectivity index (χ0n) is 17.5. The van der Waals surface area contributed by atoms with Crippen molar-refractivity contribution in [1.82, 2.24) is 9.55 Å². The van der Waals surface area contributed by atoms with Crippen LogP contribution in [0.25, 0.3) is 10.9 Å². The summed E-state index contributed by atoms with van der Waals surface area (Å²) in [6, 6.07) is 21.0. The molecule has 0 bridgehead atoms. The highest BCUT2D eigenvalue weighted by molar-refractivity contribution is 9.10. The Kier molecular flexibility index (Phi) is 6.66. The summed E-state index contributed by atoms with van der Waals surface area (Å²) in [7, 11) is 1.63. The maximum atomic E-state index is 12.7. The molecule has 162 valence electrons. The average Bonchev–Trinajstić information content (AvgIpc) is 2.80. The lowest BCUT2D eigenvalue weighted by molar-refractivity contribution is -0.116. The molecule has 4 aromatic rings. The predicted molar refractivity (Wildman–Crippen MR) is 129 cm³/mol. The van der Waals surface area contributed by atoms with E-state index in [0.717, 1.165) is 21.3 Å². The number of benzene rings is 3. The van der Waals surface area contributed by atoms with E-state index in [9.17, 15) is 9.59 Å². The van der Waals surface area contributed by atoms with Gasteiger partial charge in [0.1, 0.15) is 5.75 Å². The second-order valence-electron chi connectivity index (χ2n) is 7.39. The number of aromatic nitrogens is 2. The molecular weight excluding hydrogens is 470 g/mol. The monoisotopic (exact) mass is 491 g/mol. The summed E-state index contributed by atoms with van der Waals surface area (Å²) in [6.07, 6.45) is 2.33. The highest BCUT2D eigenvalue weighted by atomic mass is 79.9. The number of nitrogens with zero attached hydrogens (tertiary/aromatic N) is 2. The standard InChI is InChI=1S/C25H22BrN3O3/c1-32-23-10-8-20(14-18(23)13-17-5-3-2-4-6-17)28-24(30)11-12-29-16-27-22-9-7-19(26)15-21(22)25(29)31/h2-10,14-16H,11-13H2,1H3,(H,28,30). The van der Waals surface area contributed by atoms with Gasteiger partial charge in [-0.25, -0.2) is 4.98 Å². The molecule has 0 fully saturated rings. The molecule has 0 saturated heterocycles. The molecule has 32 heavy (non-hydrogen) atoms. The number of anilines is 1. The third kappa shape index (κ3) is 5.06. The number of carbonyl (C=O) groups excluding carboxylic acids is 1. The van der Waals surface area contributed by atoms with E-state index in [1.165, 1.54) is 10.9 Å². The minimum atomic E-state index is -0.179. The van der Waals surface area contributed by atoms with Crippen molar-refractivity contribution in [2.45, 2.75) is 19.4 Å². The van der Waals surface area contributed by atoms with E-state index in [2.05, 4.69) is 38.4 Å². The van der Waals surface area contributed by atoms with E-state index in [0.29, 0.717) is 23.0 Å². The molecule has 7 heteroatoms. The molecule has 1 amide bonds. The second kappa shape index (κ2) is 9.78. The van der Waals surface area contributed by atoms with E-state index in [1.807, 2.05) is 42.5 Å². The Morgan fingerprint density at radius 2 is 1.91 bits per heavy atom. The van der Waals surface area contributed by atoms with Gasteiger partial charge in [0.15, 0.2) is 0 Å². The Bertz CT molecular complexity index is 1320. The molecule has 0 atom stereocenters. The van der Waals surface area contributed by atoms with Gasteiger partial charge in [0.2, 0.25) is 5.91 Å². The molecule has 4 rings (SSSR count). The maximum Gasteiger partial charge on any atom is 0.261 e. The summed E-state index contributed by atoms with van der Waals surface area (Å²) in [6.45, 7) is 0.243. The van der Waals surface area contributed by atoms with Crippen LogP contribution >= 0.6 is 15.9 Å². The number of aryl methyl sites for hydroxylation is 1. The zero-order chi connectivity index (χ0) is 22.5. The smallest absolute Gasteiger partial charge is 0.261 e. The summed E-state index contributed by atoms with van der Waals surface area (Å²) in [4.78, 5) is 29.6. The quantitative estimate of drug-likeness (QED) is 0.403. The summed E-state index contributed by atoms with van der Waals surface area (Å²) in [5.41, 5.74) is 3.29. The van der Waals surface area contributed by atoms with Crippen molar-refractivity contribution in [2.24, 2.45) is 0 Å². The van der Waals surface area contributed by atoms with E-state index < -0.39 is 0 Å². The maximum absolute atomic E-state index is 12.7. The van der Waals surface area contributed by atoms with Crippen LogP contribution in [-0.2, 0) is 17.8 Å². The van der Waals surface area contributed by atoms with Gasteiger partial charge >= 0.3 is 0 Å². The number of methoxy groups -OCH3 is 1. The number of fused-ring (bicyclic) bond motifs is 1. The first kappa shape index (κ1) is 21.8. The molecule has 1 heterocycles. The van der Waals surface area contributed by atoms with E-state index >= 15 is 0 Å². The average molecular weight is 492 g/mol. The van der Waals surface area contributed by atoms with Crippen LogP contribution in [0.1, 0.15) is 17.5 Å². The first-order chi connectivity index (χ1) is 15.5. The van der Waals surface area contributed by atoms with Gasteiger partial charge in [0.25, 0.3) is 5.56 Å². The second-order valence-corrected chi connectivity index (χ2v) is 8.31. The van der Waals surface area contributed by atoms with Gasteiger partial charge in [-0.2, -0.15) is 0 Å². The number of nitrogens with one attached hydrogen (secondary N) is 1. The van der Waals surface area contributed by atoms with Crippen LogP contribution in [0.4, 0.5) is 5.69 Å². The molecule has 0 saturated carbocycles. The van der Waals surface area contributed by atoms with Gasteiger partial charge in [0.05, 0.1) is 24.3 Å². The number of ether oxygens (including phenoxy) is 1. The fourth-order valence-electron chi connectivity index (χ4n) is 3.55. The molecule has 0 aliphatic carbocycles. The van der Waals surface area contributed by atoms with Gasteiger partial charge in [-0.3, -0.25) is 14.2 Å². The van der Waals surface area contributed by atoms with Crippen molar-refractivity contribution >= 4 is 38.4 Å². The SMILES string of the molecule is COc1ccc(NC(=O)CCn2cnc3ccc(Br)cc3c2=O)cc1Cc1ccccc1. The molecule has 0 radical (unpaired) electrons. The van der Waals surface area contributed by atoms with Crippen LogP contribution in [0.15, 0.2) is 82.3 Å². The summed E-state index contributed by atoms with van der Waals surface area (Å²) in [5.74, 6) is 0.592. The Balaban J connectivity index is 1.45. The van der Waals surface area contributed by atoms with E-state index in [-0.39, 0.29) is 24.4 Å². The Hall–Kier alpha value is -3.45. The number of amides is 1. The van der Waals surface area contributed by atoms with Crippen LogP contribution in [-0.4, -0.2) is 22.6 Å². The zero-order valence-corrected chi connectivity index (χ0v) is 19.1. The molecule has 1 aromatic heterocycles. The lowest BCUT2D eigenvalue weighted by Gasteiger charge is -2.12. The van der Waals surface area contributed by atoms with Crippen LogP contribution in [0, 0.1) is 0 Å². The van der Waals surface area contributed by atoms with Crippen LogP contribution in [0.2, 0.25) is 0 Å². The highest BCUT2D eigenvalue weighted by Gasteiger charge is 2.10. The predicted octanol–water partition coefficient (Wildman–Crippen LogP) is 4.79. The molecule has 0 spiro atoms. The highest BCUT2D eigenvalue weighted by Crippen LogP contribution is 2.25. The number of hydrogen-bond donors (Lipinski definition) is 1. The molecule has 0 aliphatic heterocycles. The minimum absolute atomic E-state index is 0.154. The number of halogens is 1. The number of hydrogen-bond acceptors (Lipinski definition) is 4. The van der Waals surface area contributed by atoms with Crippen LogP contribution in [0.3, 0.4) is 0 Å². The lowest BCUT2D eigenvalue weighted by Crippen LogP contribution is -2.23. The molecule has 3 aromatic carbocycles. The first-order valence-electron chi connectivity index (χ1n) is 10.2. The molecule has 6 nitrogen and oxygen atoms in total. The van der Waals surface area contributed by atoms with Crippen molar-refractivity contribution < 1.29 is 9.53 Å². The van der Waals surface area contributed by atoms with Crippen LogP contribution < -0.4 is 15.6 Å². The molecule has 1 N–H and O–H groups in total. The normalized spacial score (nSPS) is 10.8. The Labute approximate surface area is 194 Å². The van der Waals surface area contributed by atoms with Crippen molar-refractivity contribution in [2.75, 3.05) is 12.4 Å². The third-order valence-electron chi connectivity index (χ3n) is 5.17. The van der Waals surface area contributed by atoms with E-state index in [1.54, 1.807) is 19.2 Å². The Morgan fingerprint density at radius 3 is 2.69 bits per heavy atom. The van der Waals surface area contributed by atoms with E-state index in [4.69, 9.17) is 4.74 Å². The van der Waals surface area contributed by atoms with Crippen molar-refractivity contribution in [1.29, 1.82) is 0 Å².